The highest BCUT2D eigenvalue weighted by Crippen LogP contribution is 2.17. The van der Waals surface area contributed by atoms with Gasteiger partial charge in [0.15, 0.2) is 0 Å². The maximum atomic E-state index is 12.8. The molecule has 0 aliphatic rings. The topological polar surface area (TPSA) is 61.5 Å². The van der Waals surface area contributed by atoms with Gasteiger partial charge < -0.3 is 15.2 Å². The second-order valence-electron chi connectivity index (χ2n) is 3.69. The van der Waals surface area contributed by atoms with Crippen molar-refractivity contribution < 1.29 is 18.1 Å². The van der Waals surface area contributed by atoms with Crippen LogP contribution in [0.25, 0.3) is 0 Å². The van der Waals surface area contributed by atoms with Gasteiger partial charge in [0, 0.05) is 20.3 Å². The van der Waals surface area contributed by atoms with Gasteiger partial charge in [-0.25, -0.2) is 4.39 Å². The fourth-order valence-corrected chi connectivity index (χ4v) is 2.41. The third-order valence-electron chi connectivity index (χ3n) is 2.27. The largest absolute Gasteiger partial charge is 0.398 e. The summed E-state index contributed by atoms with van der Waals surface area (Å²) in [7, 11) is 0.373. The van der Waals surface area contributed by atoms with E-state index in [4.69, 9.17) is 15.2 Å². The van der Waals surface area contributed by atoms with Crippen LogP contribution in [0.2, 0.25) is 0 Å². The molecule has 0 heterocycles. The number of nitrogen functional groups attached to an aromatic ring is 1. The molecule has 6 heteroatoms. The van der Waals surface area contributed by atoms with E-state index in [1.807, 2.05) is 0 Å². The van der Waals surface area contributed by atoms with Crippen molar-refractivity contribution in [3.8, 4) is 0 Å². The van der Waals surface area contributed by atoms with Gasteiger partial charge in [-0.05, 0) is 24.6 Å². The highest BCUT2D eigenvalue weighted by molar-refractivity contribution is 7.85. The Morgan fingerprint density at radius 1 is 1.33 bits per heavy atom. The van der Waals surface area contributed by atoms with Crippen LogP contribution in [0.1, 0.15) is 6.42 Å². The minimum Gasteiger partial charge on any atom is -0.398 e. The first-order valence-electron chi connectivity index (χ1n) is 5.65. The zero-order valence-corrected chi connectivity index (χ0v) is 11.2. The molecule has 0 aliphatic carbocycles. The van der Waals surface area contributed by atoms with Gasteiger partial charge in [0.05, 0.1) is 33.7 Å². The number of ether oxygens (including phenoxy) is 2. The van der Waals surface area contributed by atoms with E-state index in [2.05, 4.69) is 0 Å². The number of nitrogens with two attached hydrogens (primary N) is 1. The molecule has 0 bridgehead atoms. The molecule has 0 spiro atoms. The summed E-state index contributed by atoms with van der Waals surface area (Å²) in [5.74, 6) is -0.0768. The molecule has 1 aromatic rings. The van der Waals surface area contributed by atoms with Gasteiger partial charge in [0.1, 0.15) is 5.82 Å². The van der Waals surface area contributed by atoms with Gasteiger partial charge in [-0.2, -0.15) is 0 Å². The van der Waals surface area contributed by atoms with Crippen LogP contribution in [0.15, 0.2) is 23.1 Å². The molecule has 0 amide bonds. The summed E-state index contributed by atoms with van der Waals surface area (Å²) in [5, 5.41) is 0. The van der Waals surface area contributed by atoms with Crippen molar-refractivity contribution in [2.75, 3.05) is 38.4 Å². The van der Waals surface area contributed by atoms with Gasteiger partial charge in [-0.1, -0.05) is 0 Å². The van der Waals surface area contributed by atoms with Crippen LogP contribution in [-0.4, -0.2) is 36.9 Å². The van der Waals surface area contributed by atoms with E-state index in [-0.39, 0.29) is 5.69 Å². The van der Waals surface area contributed by atoms with Gasteiger partial charge in [-0.3, -0.25) is 4.21 Å². The highest BCUT2D eigenvalue weighted by atomic mass is 32.2. The van der Waals surface area contributed by atoms with E-state index >= 15 is 0 Å². The Labute approximate surface area is 109 Å². The maximum Gasteiger partial charge on any atom is 0.125 e. The lowest BCUT2D eigenvalue weighted by molar-refractivity contribution is 0.112. The molecule has 1 aromatic carbocycles. The molecular formula is C12H18FNO3S. The molecule has 102 valence electrons. The van der Waals surface area contributed by atoms with Crippen molar-refractivity contribution in [2.24, 2.45) is 0 Å². The molecule has 1 atom stereocenters. The summed E-state index contributed by atoms with van der Waals surface area (Å²) < 4.78 is 34.9. The second kappa shape index (κ2) is 8.18. The van der Waals surface area contributed by atoms with Crippen molar-refractivity contribution >= 4 is 16.5 Å². The van der Waals surface area contributed by atoms with E-state index in [1.165, 1.54) is 18.2 Å². The number of hydrogen-bond donors (Lipinski definition) is 1. The highest BCUT2D eigenvalue weighted by Gasteiger charge is 2.08. The van der Waals surface area contributed by atoms with E-state index in [1.54, 1.807) is 7.11 Å². The Balaban J connectivity index is 2.32. The number of anilines is 1. The average Bonchev–Trinajstić information content (AvgIpc) is 2.33. The van der Waals surface area contributed by atoms with Crippen LogP contribution in [0.5, 0.6) is 0 Å². The van der Waals surface area contributed by atoms with E-state index in [9.17, 15) is 8.60 Å². The lowest BCUT2D eigenvalue weighted by Crippen LogP contribution is -2.09. The second-order valence-corrected chi connectivity index (χ2v) is 5.23. The maximum absolute atomic E-state index is 12.8. The molecule has 0 saturated heterocycles. The molecule has 2 N–H and O–H groups in total. The third kappa shape index (κ3) is 5.12. The molecule has 4 nitrogen and oxygen atoms in total. The smallest absolute Gasteiger partial charge is 0.125 e. The van der Waals surface area contributed by atoms with Crippen molar-refractivity contribution in [1.29, 1.82) is 0 Å². The molecule has 1 rings (SSSR count). The summed E-state index contributed by atoms with van der Waals surface area (Å²) in [5.41, 5.74) is 5.82. The SMILES string of the molecule is COCCCOCCS(=O)c1ccc(F)cc1N. The lowest BCUT2D eigenvalue weighted by atomic mass is 10.3. The lowest BCUT2D eigenvalue weighted by Gasteiger charge is -2.06. The fraction of sp³-hybridized carbons (Fsp3) is 0.500. The Kier molecular flexibility index (Phi) is 6.85. The summed E-state index contributed by atoms with van der Waals surface area (Å²) in [6.07, 6.45) is 0.807. The third-order valence-corrected chi connectivity index (χ3v) is 3.67. The number of rotatable bonds is 8. The average molecular weight is 275 g/mol. The minimum absolute atomic E-state index is 0.215. The Morgan fingerprint density at radius 2 is 2.11 bits per heavy atom. The van der Waals surface area contributed by atoms with Gasteiger partial charge in [-0.15, -0.1) is 0 Å². The fourth-order valence-electron chi connectivity index (χ4n) is 1.38. The van der Waals surface area contributed by atoms with Crippen LogP contribution in [0.3, 0.4) is 0 Å². The van der Waals surface area contributed by atoms with Crippen LogP contribution >= 0.6 is 0 Å². The Hall–Kier alpha value is -0.980. The van der Waals surface area contributed by atoms with Gasteiger partial charge >= 0.3 is 0 Å². The minimum atomic E-state index is -1.26. The van der Waals surface area contributed by atoms with Crippen LogP contribution < -0.4 is 5.73 Å². The van der Waals surface area contributed by atoms with E-state index in [0.29, 0.717) is 30.5 Å². The molecule has 0 aromatic heterocycles. The molecule has 18 heavy (non-hydrogen) atoms. The van der Waals surface area contributed by atoms with Crippen LogP contribution in [0, 0.1) is 5.82 Å². The first kappa shape index (κ1) is 15.1. The molecule has 0 aliphatic heterocycles. The number of methoxy groups -OCH3 is 1. The number of benzene rings is 1. The molecule has 0 radical (unpaired) electrons. The molecule has 0 fully saturated rings. The van der Waals surface area contributed by atoms with Crippen molar-refractivity contribution in [3.63, 3.8) is 0 Å². The molecular weight excluding hydrogens is 257 g/mol. The van der Waals surface area contributed by atoms with Gasteiger partial charge in [0.25, 0.3) is 0 Å². The number of hydrogen-bond acceptors (Lipinski definition) is 4. The summed E-state index contributed by atoms with van der Waals surface area (Å²) in [6.45, 7) is 1.60. The summed E-state index contributed by atoms with van der Waals surface area (Å²) in [4.78, 5) is 0.455. The van der Waals surface area contributed by atoms with Gasteiger partial charge in [0.2, 0.25) is 0 Å². The Bertz CT molecular complexity index is 401. The predicted molar refractivity (Wildman–Crippen MR) is 69.4 cm³/mol. The zero-order valence-electron chi connectivity index (χ0n) is 10.4. The molecule has 0 saturated carbocycles. The van der Waals surface area contributed by atoms with Crippen molar-refractivity contribution in [3.05, 3.63) is 24.0 Å². The Morgan fingerprint density at radius 3 is 2.78 bits per heavy atom. The normalized spacial score (nSPS) is 12.6. The van der Waals surface area contributed by atoms with E-state index in [0.717, 1.165) is 6.42 Å². The summed E-state index contributed by atoms with van der Waals surface area (Å²) in [6, 6.07) is 3.88. The zero-order chi connectivity index (χ0) is 13.4. The predicted octanol–water partition coefficient (Wildman–Crippen LogP) is 1.57. The summed E-state index contributed by atoms with van der Waals surface area (Å²) >= 11 is 0. The van der Waals surface area contributed by atoms with Crippen molar-refractivity contribution in [2.45, 2.75) is 11.3 Å². The molecule has 1 unspecified atom stereocenters. The first-order chi connectivity index (χ1) is 8.65. The standard InChI is InChI=1S/C12H18FNO3S/c1-16-5-2-6-17-7-8-18(15)12-4-3-10(13)9-11(12)14/h3-4,9H,2,5-8,14H2,1H3. The monoisotopic (exact) mass is 275 g/mol. The van der Waals surface area contributed by atoms with Crippen molar-refractivity contribution in [1.82, 2.24) is 0 Å². The van der Waals surface area contributed by atoms with Crippen LogP contribution in [0.4, 0.5) is 10.1 Å². The van der Waals surface area contributed by atoms with E-state index < -0.39 is 16.6 Å². The van der Waals surface area contributed by atoms with Crippen LogP contribution in [-0.2, 0) is 20.3 Å². The number of halogens is 1. The quantitative estimate of drug-likeness (QED) is 0.578. The first-order valence-corrected chi connectivity index (χ1v) is 6.97.